The minimum atomic E-state index is -0.397. The van der Waals surface area contributed by atoms with Gasteiger partial charge in [0, 0.05) is 38.8 Å². The summed E-state index contributed by atoms with van der Waals surface area (Å²) in [4.78, 5) is 15.8. The van der Waals surface area contributed by atoms with Crippen molar-refractivity contribution in [3.8, 4) is 0 Å². The summed E-state index contributed by atoms with van der Waals surface area (Å²) in [5.41, 5.74) is 2.35. The molecular formula is C20H15Cl2N5O2S. The first-order chi connectivity index (χ1) is 14.4. The van der Waals surface area contributed by atoms with E-state index in [1.165, 1.54) is 6.07 Å². The Balaban J connectivity index is 1.45. The molecule has 0 atom stereocenters. The number of fused-ring (bicyclic) bond motifs is 1. The zero-order valence-corrected chi connectivity index (χ0v) is 18.0. The topological polar surface area (TPSA) is 85.0 Å². The first-order valence-electron chi connectivity index (χ1n) is 8.84. The van der Waals surface area contributed by atoms with Gasteiger partial charge in [0.05, 0.1) is 6.54 Å². The van der Waals surface area contributed by atoms with Crippen LogP contribution in [0.15, 0.2) is 58.0 Å². The van der Waals surface area contributed by atoms with Crippen LogP contribution in [0.1, 0.15) is 11.1 Å². The van der Waals surface area contributed by atoms with Crippen LogP contribution in [0, 0.1) is 6.92 Å². The number of thiocarbonyl (C=S) groups is 1. The van der Waals surface area contributed by atoms with Gasteiger partial charge in [0.15, 0.2) is 5.11 Å². The molecule has 30 heavy (non-hydrogen) atoms. The number of aromatic nitrogens is 3. The second-order valence-corrected chi connectivity index (χ2v) is 7.73. The SMILES string of the molecule is Cc1cc(=O)oc2cc(NC(=S)Nc3ncn(Cc4c(Cl)cccc4Cl)n3)ccc12. The second kappa shape index (κ2) is 8.43. The van der Waals surface area contributed by atoms with Crippen molar-refractivity contribution in [1.29, 1.82) is 0 Å². The maximum atomic E-state index is 11.6. The predicted octanol–water partition coefficient (Wildman–Crippen LogP) is 4.86. The van der Waals surface area contributed by atoms with E-state index in [1.54, 1.807) is 35.3 Å². The molecule has 4 aromatic rings. The highest BCUT2D eigenvalue weighted by atomic mass is 35.5. The van der Waals surface area contributed by atoms with Crippen molar-refractivity contribution in [1.82, 2.24) is 14.8 Å². The van der Waals surface area contributed by atoms with Crippen LogP contribution in [-0.2, 0) is 6.54 Å². The molecule has 0 saturated heterocycles. The molecule has 0 bridgehead atoms. The Labute approximate surface area is 186 Å². The van der Waals surface area contributed by atoms with Crippen LogP contribution in [0.3, 0.4) is 0 Å². The van der Waals surface area contributed by atoms with E-state index in [0.717, 1.165) is 16.5 Å². The number of benzene rings is 2. The van der Waals surface area contributed by atoms with Crippen molar-refractivity contribution in [2.24, 2.45) is 0 Å². The van der Waals surface area contributed by atoms with Crippen molar-refractivity contribution in [3.05, 3.63) is 80.4 Å². The lowest BCUT2D eigenvalue weighted by atomic mass is 10.1. The maximum absolute atomic E-state index is 11.6. The molecule has 7 nitrogen and oxygen atoms in total. The average molecular weight is 460 g/mol. The molecule has 10 heteroatoms. The van der Waals surface area contributed by atoms with Gasteiger partial charge in [-0.25, -0.2) is 14.5 Å². The fourth-order valence-electron chi connectivity index (χ4n) is 2.94. The smallest absolute Gasteiger partial charge is 0.336 e. The highest BCUT2D eigenvalue weighted by Gasteiger charge is 2.10. The standard InChI is InChI=1S/C20H15Cl2N5O2S/c1-11-7-18(28)29-17-8-12(5-6-13(11)17)24-20(30)25-19-23-10-27(26-19)9-14-15(21)3-2-4-16(14)22/h2-8,10H,9H2,1H3,(H2,24,25,26,30). The lowest BCUT2D eigenvalue weighted by Gasteiger charge is -2.09. The highest BCUT2D eigenvalue weighted by molar-refractivity contribution is 7.80. The van der Waals surface area contributed by atoms with Crippen LogP contribution < -0.4 is 16.3 Å². The van der Waals surface area contributed by atoms with Gasteiger partial charge in [-0.1, -0.05) is 29.3 Å². The Morgan fingerprint density at radius 2 is 1.93 bits per heavy atom. The Hall–Kier alpha value is -2.94. The molecule has 0 fully saturated rings. The molecular weight excluding hydrogens is 445 g/mol. The number of halogens is 2. The first kappa shape index (κ1) is 20.3. The normalized spacial score (nSPS) is 10.9. The van der Waals surface area contributed by atoms with Crippen LogP contribution in [0.4, 0.5) is 11.6 Å². The van der Waals surface area contributed by atoms with E-state index in [1.807, 2.05) is 19.1 Å². The summed E-state index contributed by atoms with van der Waals surface area (Å²) >= 11 is 17.7. The molecule has 0 amide bonds. The summed E-state index contributed by atoms with van der Waals surface area (Å²) in [6.07, 6.45) is 1.55. The average Bonchev–Trinajstić information content (AvgIpc) is 3.11. The lowest BCUT2D eigenvalue weighted by molar-refractivity contribution is 0.560. The van der Waals surface area contributed by atoms with Crippen molar-refractivity contribution in [2.75, 3.05) is 10.6 Å². The molecule has 2 N–H and O–H groups in total. The fourth-order valence-corrected chi connectivity index (χ4v) is 3.67. The molecule has 0 aliphatic rings. The number of hydrogen-bond donors (Lipinski definition) is 2. The van der Waals surface area contributed by atoms with Crippen LogP contribution in [0.2, 0.25) is 10.0 Å². The van der Waals surface area contributed by atoms with Gasteiger partial charge < -0.3 is 9.73 Å². The van der Waals surface area contributed by atoms with Crippen LogP contribution in [0.5, 0.6) is 0 Å². The van der Waals surface area contributed by atoms with Gasteiger partial charge in [0.2, 0.25) is 5.95 Å². The number of hydrogen-bond acceptors (Lipinski definition) is 5. The summed E-state index contributed by atoms with van der Waals surface area (Å²) in [7, 11) is 0. The van der Waals surface area contributed by atoms with Crippen molar-refractivity contribution < 1.29 is 4.42 Å². The summed E-state index contributed by atoms with van der Waals surface area (Å²) < 4.78 is 6.86. The fraction of sp³-hybridized carbons (Fsp3) is 0.100. The van der Waals surface area contributed by atoms with E-state index >= 15 is 0 Å². The summed E-state index contributed by atoms with van der Waals surface area (Å²) in [5, 5.41) is 12.5. The number of anilines is 2. The summed E-state index contributed by atoms with van der Waals surface area (Å²) in [5.74, 6) is 0.318. The maximum Gasteiger partial charge on any atom is 0.336 e. The van der Waals surface area contributed by atoms with Gasteiger partial charge in [0.25, 0.3) is 0 Å². The third-order valence-electron chi connectivity index (χ3n) is 4.35. The third-order valence-corrected chi connectivity index (χ3v) is 5.27. The molecule has 0 aliphatic heterocycles. The van der Waals surface area contributed by atoms with Crippen LogP contribution in [0.25, 0.3) is 11.0 Å². The van der Waals surface area contributed by atoms with Crippen LogP contribution >= 0.6 is 35.4 Å². The van der Waals surface area contributed by atoms with Gasteiger partial charge in [-0.2, -0.15) is 0 Å². The van der Waals surface area contributed by atoms with Gasteiger partial charge in [-0.3, -0.25) is 5.32 Å². The summed E-state index contributed by atoms with van der Waals surface area (Å²) in [6.45, 7) is 2.23. The molecule has 0 radical (unpaired) electrons. The Kier molecular flexibility index (Phi) is 5.72. The lowest BCUT2D eigenvalue weighted by Crippen LogP contribution is -2.20. The molecule has 2 aromatic carbocycles. The highest BCUT2D eigenvalue weighted by Crippen LogP contribution is 2.25. The van der Waals surface area contributed by atoms with Gasteiger partial charge in [0.1, 0.15) is 11.9 Å². The molecule has 152 valence electrons. The van der Waals surface area contributed by atoms with Crippen molar-refractivity contribution in [3.63, 3.8) is 0 Å². The van der Waals surface area contributed by atoms with E-state index in [-0.39, 0.29) is 5.11 Å². The summed E-state index contributed by atoms with van der Waals surface area (Å²) in [6, 6.07) is 12.2. The number of nitrogens with zero attached hydrogens (tertiary/aromatic N) is 3. The molecule has 0 aliphatic carbocycles. The molecule has 0 unspecified atom stereocenters. The molecule has 4 rings (SSSR count). The van der Waals surface area contributed by atoms with Gasteiger partial charge >= 0.3 is 5.63 Å². The molecule has 0 saturated carbocycles. The van der Waals surface area contributed by atoms with E-state index in [9.17, 15) is 4.79 Å². The quantitative estimate of drug-likeness (QED) is 0.333. The molecule has 2 aromatic heterocycles. The molecule has 0 spiro atoms. The minimum absolute atomic E-state index is 0.290. The predicted molar refractivity (Wildman–Crippen MR) is 123 cm³/mol. The largest absolute Gasteiger partial charge is 0.423 e. The number of rotatable bonds is 4. The Morgan fingerprint density at radius 1 is 1.17 bits per heavy atom. The Morgan fingerprint density at radius 3 is 2.70 bits per heavy atom. The van der Waals surface area contributed by atoms with Gasteiger partial charge in [-0.15, -0.1) is 5.10 Å². The van der Waals surface area contributed by atoms with E-state index < -0.39 is 5.63 Å². The van der Waals surface area contributed by atoms with E-state index in [4.69, 9.17) is 39.8 Å². The number of nitrogens with one attached hydrogen (secondary N) is 2. The minimum Gasteiger partial charge on any atom is -0.423 e. The van der Waals surface area contributed by atoms with Crippen molar-refractivity contribution in [2.45, 2.75) is 13.5 Å². The third kappa shape index (κ3) is 4.46. The van der Waals surface area contributed by atoms with Crippen LogP contribution in [-0.4, -0.2) is 19.9 Å². The van der Waals surface area contributed by atoms with Crippen molar-refractivity contribution >= 4 is 63.1 Å². The Bertz CT molecular complexity index is 1300. The second-order valence-electron chi connectivity index (χ2n) is 6.50. The number of aryl methyl sites for hydroxylation is 1. The van der Waals surface area contributed by atoms with E-state index in [2.05, 4.69) is 20.7 Å². The van der Waals surface area contributed by atoms with E-state index in [0.29, 0.717) is 33.8 Å². The zero-order valence-electron chi connectivity index (χ0n) is 15.6. The monoisotopic (exact) mass is 459 g/mol. The first-order valence-corrected chi connectivity index (χ1v) is 10.0. The zero-order chi connectivity index (χ0) is 21.3. The molecule has 2 heterocycles. The van der Waals surface area contributed by atoms with Gasteiger partial charge in [-0.05, 0) is 49.0 Å².